The minimum absolute atomic E-state index is 0.271. The van der Waals surface area contributed by atoms with E-state index in [0.717, 1.165) is 16.0 Å². The molecule has 0 bridgehead atoms. The Morgan fingerprint density at radius 2 is 2.04 bits per heavy atom. The summed E-state index contributed by atoms with van der Waals surface area (Å²) in [5, 5.41) is 11.5. The van der Waals surface area contributed by atoms with Crippen molar-refractivity contribution in [2.45, 2.75) is 19.5 Å². The molecule has 2 N–H and O–H groups in total. The number of aryl methyl sites for hydroxylation is 1. The summed E-state index contributed by atoms with van der Waals surface area (Å²) >= 11 is 0. The van der Waals surface area contributed by atoms with Crippen molar-refractivity contribution in [1.82, 2.24) is 10.2 Å². The first kappa shape index (κ1) is 18.1. The van der Waals surface area contributed by atoms with Gasteiger partial charge in [-0.15, -0.1) is 0 Å². The molecule has 1 aliphatic heterocycles. The van der Waals surface area contributed by atoms with E-state index < -0.39 is 43.1 Å². The molecule has 0 saturated carbocycles. The Labute approximate surface area is 137 Å². The van der Waals surface area contributed by atoms with Crippen molar-refractivity contribution < 1.29 is 27.9 Å². The smallest absolute Gasteiger partial charge is 0.394 e. The van der Waals surface area contributed by atoms with Crippen LogP contribution in [0.4, 0.5) is 18.0 Å². The van der Waals surface area contributed by atoms with Crippen LogP contribution in [0.2, 0.25) is 0 Å². The molecule has 2 atom stereocenters. The van der Waals surface area contributed by atoms with E-state index in [9.17, 15) is 22.8 Å². The van der Waals surface area contributed by atoms with Crippen molar-refractivity contribution in [3.05, 3.63) is 35.4 Å². The molecule has 132 valence electrons. The van der Waals surface area contributed by atoms with E-state index in [4.69, 9.17) is 5.11 Å². The lowest BCUT2D eigenvalue weighted by Gasteiger charge is -2.18. The van der Waals surface area contributed by atoms with Gasteiger partial charge < -0.3 is 15.3 Å². The molecule has 1 heterocycles. The molecule has 0 aliphatic carbocycles. The molecule has 8 heteroatoms. The summed E-state index contributed by atoms with van der Waals surface area (Å²) in [4.78, 5) is 23.9. The van der Waals surface area contributed by atoms with Crippen LogP contribution >= 0.6 is 0 Å². The Kier molecular flexibility index (Phi) is 5.36. The van der Waals surface area contributed by atoms with Gasteiger partial charge in [0.05, 0.1) is 11.8 Å². The number of benzene rings is 1. The molecule has 1 aliphatic rings. The van der Waals surface area contributed by atoms with Gasteiger partial charge in [-0.25, -0.2) is 4.79 Å². The lowest BCUT2D eigenvalue weighted by Crippen LogP contribution is -2.40. The molecule has 5 nitrogen and oxygen atoms in total. The summed E-state index contributed by atoms with van der Waals surface area (Å²) in [6.07, 6.45) is -4.09. The lowest BCUT2D eigenvalue weighted by atomic mass is 9.96. The predicted molar refractivity (Wildman–Crippen MR) is 80.5 cm³/mol. The van der Waals surface area contributed by atoms with Crippen LogP contribution in [0.1, 0.15) is 11.1 Å². The second-order valence-electron chi connectivity index (χ2n) is 5.97. The number of hydrogen-bond acceptors (Lipinski definition) is 2. The van der Waals surface area contributed by atoms with Crippen LogP contribution in [0, 0.1) is 18.8 Å². The SMILES string of the molecule is Cc1cccc(CCNC(=O)N2C[C@@H](C(F)(F)F)[C@H](C(=O)O)C2)c1. The van der Waals surface area contributed by atoms with Crippen LogP contribution in [-0.2, 0) is 11.2 Å². The quantitative estimate of drug-likeness (QED) is 0.881. The second kappa shape index (κ2) is 7.11. The van der Waals surface area contributed by atoms with Crippen LogP contribution < -0.4 is 5.32 Å². The van der Waals surface area contributed by atoms with Gasteiger partial charge in [0, 0.05) is 19.6 Å². The van der Waals surface area contributed by atoms with Crippen LogP contribution in [0.15, 0.2) is 24.3 Å². The monoisotopic (exact) mass is 344 g/mol. The van der Waals surface area contributed by atoms with Crippen LogP contribution in [0.5, 0.6) is 0 Å². The fourth-order valence-electron chi connectivity index (χ4n) is 2.84. The number of carbonyl (C=O) groups is 2. The minimum Gasteiger partial charge on any atom is -0.481 e. The van der Waals surface area contributed by atoms with E-state index in [2.05, 4.69) is 5.32 Å². The van der Waals surface area contributed by atoms with Gasteiger partial charge in [-0.05, 0) is 18.9 Å². The maximum atomic E-state index is 12.9. The highest BCUT2D eigenvalue weighted by Crippen LogP contribution is 2.37. The Bertz CT molecular complexity index is 619. The molecule has 2 rings (SSSR count). The van der Waals surface area contributed by atoms with E-state index in [1.54, 1.807) is 0 Å². The van der Waals surface area contributed by atoms with Gasteiger partial charge in [-0.2, -0.15) is 13.2 Å². The largest absolute Gasteiger partial charge is 0.481 e. The molecule has 1 aromatic carbocycles. The minimum atomic E-state index is -4.64. The third-order valence-electron chi connectivity index (χ3n) is 4.12. The lowest BCUT2D eigenvalue weighted by molar-refractivity contribution is -0.187. The molecule has 2 amide bonds. The number of carboxylic acid groups (broad SMARTS) is 1. The Balaban J connectivity index is 1.90. The summed E-state index contributed by atoms with van der Waals surface area (Å²) in [5.41, 5.74) is 2.09. The summed E-state index contributed by atoms with van der Waals surface area (Å²) < 4.78 is 38.7. The van der Waals surface area contributed by atoms with Gasteiger partial charge in [0.15, 0.2) is 0 Å². The van der Waals surface area contributed by atoms with E-state index in [1.165, 1.54) is 0 Å². The van der Waals surface area contributed by atoms with Gasteiger partial charge in [0.1, 0.15) is 0 Å². The molecule has 24 heavy (non-hydrogen) atoms. The third kappa shape index (κ3) is 4.39. The number of carbonyl (C=O) groups excluding carboxylic acids is 1. The highest BCUT2D eigenvalue weighted by atomic mass is 19.4. The molecule has 0 aromatic heterocycles. The number of aliphatic carboxylic acids is 1. The highest BCUT2D eigenvalue weighted by Gasteiger charge is 2.53. The number of nitrogens with zero attached hydrogens (tertiary/aromatic N) is 1. The Morgan fingerprint density at radius 1 is 1.33 bits per heavy atom. The first-order chi connectivity index (χ1) is 11.2. The second-order valence-corrected chi connectivity index (χ2v) is 5.97. The topological polar surface area (TPSA) is 69.6 Å². The van der Waals surface area contributed by atoms with Gasteiger partial charge in [0.25, 0.3) is 0 Å². The van der Waals surface area contributed by atoms with Gasteiger partial charge in [-0.1, -0.05) is 29.8 Å². The number of rotatable bonds is 4. The number of nitrogens with one attached hydrogen (secondary N) is 1. The number of hydrogen-bond donors (Lipinski definition) is 2. The molecule has 0 unspecified atom stereocenters. The van der Waals surface area contributed by atoms with E-state index in [1.807, 2.05) is 31.2 Å². The van der Waals surface area contributed by atoms with Gasteiger partial charge in [-0.3, -0.25) is 4.79 Å². The maximum Gasteiger partial charge on any atom is 0.394 e. The Hall–Kier alpha value is -2.25. The zero-order chi connectivity index (χ0) is 17.9. The van der Waals surface area contributed by atoms with Crippen molar-refractivity contribution in [1.29, 1.82) is 0 Å². The van der Waals surface area contributed by atoms with Crippen LogP contribution in [-0.4, -0.2) is 47.8 Å². The number of alkyl halides is 3. The summed E-state index contributed by atoms with van der Waals surface area (Å²) in [7, 11) is 0. The van der Waals surface area contributed by atoms with E-state index in [-0.39, 0.29) is 6.54 Å². The molecule has 0 spiro atoms. The number of carboxylic acids is 1. The molecular formula is C16H19F3N2O3. The first-order valence-corrected chi connectivity index (χ1v) is 7.56. The first-order valence-electron chi connectivity index (χ1n) is 7.56. The molecule has 0 radical (unpaired) electrons. The standard InChI is InChI=1S/C16H19F3N2O3/c1-10-3-2-4-11(7-10)5-6-20-15(24)21-8-12(14(22)23)13(9-21)16(17,18)19/h2-4,7,12-13H,5-6,8-9H2,1H3,(H,20,24)(H,22,23)/t12-,13-/m1/s1. The molecule has 1 saturated heterocycles. The summed E-state index contributed by atoms with van der Waals surface area (Å²) in [6, 6.07) is 7.02. The summed E-state index contributed by atoms with van der Waals surface area (Å²) in [5.74, 6) is -5.18. The zero-order valence-corrected chi connectivity index (χ0v) is 13.1. The third-order valence-corrected chi connectivity index (χ3v) is 4.12. The fourth-order valence-corrected chi connectivity index (χ4v) is 2.84. The molecule has 1 fully saturated rings. The van der Waals surface area contributed by atoms with Crippen molar-refractivity contribution in [3.63, 3.8) is 0 Å². The zero-order valence-electron chi connectivity index (χ0n) is 13.1. The van der Waals surface area contributed by atoms with Crippen molar-refractivity contribution in [2.24, 2.45) is 11.8 Å². The van der Waals surface area contributed by atoms with Gasteiger partial charge in [0.2, 0.25) is 0 Å². The predicted octanol–water partition coefficient (Wildman–Crippen LogP) is 2.44. The average Bonchev–Trinajstić information content (AvgIpc) is 2.93. The fraction of sp³-hybridized carbons (Fsp3) is 0.500. The number of urea groups is 1. The van der Waals surface area contributed by atoms with Gasteiger partial charge >= 0.3 is 18.2 Å². The molecular weight excluding hydrogens is 325 g/mol. The molecule has 1 aromatic rings. The number of likely N-dealkylation sites (tertiary alicyclic amines) is 1. The van der Waals surface area contributed by atoms with Crippen LogP contribution in [0.25, 0.3) is 0 Å². The van der Waals surface area contributed by atoms with Crippen molar-refractivity contribution in [2.75, 3.05) is 19.6 Å². The maximum absolute atomic E-state index is 12.9. The van der Waals surface area contributed by atoms with Crippen LogP contribution in [0.3, 0.4) is 0 Å². The number of halogens is 3. The number of amides is 2. The van der Waals surface area contributed by atoms with Crippen molar-refractivity contribution >= 4 is 12.0 Å². The highest BCUT2D eigenvalue weighted by molar-refractivity contribution is 5.77. The van der Waals surface area contributed by atoms with E-state index in [0.29, 0.717) is 6.42 Å². The van der Waals surface area contributed by atoms with Crippen molar-refractivity contribution in [3.8, 4) is 0 Å². The average molecular weight is 344 g/mol. The van der Waals surface area contributed by atoms with E-state index >= 15 is 0 Å². The normalized spacial score (nSPS) is 20.9. The Morgan fingerprint density at radius 3 is 2.58 bits per heavy atom. The summed E-state index contributed by atoms with van der Waals surface area (Å²) in [6.45, 7) is 1.15.